The number of anilines is 1. The Hall–Kier alpha value is -2.80. The number of benzene rings is 2. The number of piperazine rings is 1. The van der Waals surface area contributed by atoms with Crippen molar-refractivity contribution in [3.8, 4) is 5.75 Å². The lowest BCUT2D eigenvalue weighted by atomic mass is 10.1. The van der Waals surface area contributed by atoms with Gasteiger partial charge in [-0.25, -0.2) is 9.78 Å². The number of hydrogen-bond donors (Lipinski definition) is 1. The maximum Gasteiger partial charge on any atom is 0.317 e. The summed E-state index contributed by atoms with van der Waals surface area (Å²) in [4.78, 5) is 21.4. The molecule has 1 N–H and O–H groups in total. The van der Waals surface area contributed by atoms with Crippen molar-refractivity contribution in [3.05, 3.63) is 54.1 Å². The number of nitrogens with one attached hydrogen (secondary N) is 1. The highest BCUT2D eigenvalue weighted by Gasteiger charge is 2.23. The highest BCUT2D eigenvalue weighted by atomic mass is 32.1. The van der Waals surface area contributed by atoms with Gasteiger partial charge in [-0.15, -0.1) is 0 Å². The quantitative estimate of drug-likeness (QED) is 0.629. The van der Waals surface area contributed by atoms with Crippen LogP contribution in [0.2, 0.25) is 0 Å². The largest absolute Gasteiger partial charge is 0.494 e. The second-order valence-electron chi connectivity index (χ2n) is 7.10. The molecule has 1 saturated heterocycles. The van der Waals surface area contributed by atoms with Crippen LogP contribution in [0.5, 0.6) is 5.75 Å². The van der Waals surface area contributed by atoms with Gasteiger partial charge in [-0.2, -0.15) is 0 Å². The van der Waals surface area contributed by atoms with E-state index in [1.165, 1.54) is 5.56 Å². The molecule has 1 aromatic heterocycles. The van der Waals surface area contributed by atoms with Gasteiger partial charge in [0.05, 0.1) is 11.8 Å². The van der Waals surface area contributed by atoms with E-state index in [1.807, 2.05) is 23.1 Å². The van der Waals surface area contributed by atoms with E-state index in [0.717, 1.165) is 47.0 Å². The third-order valence-electron chi connectivity index (χ3n) is 5.19. The molecule has 2 amide bonds. The maximum absolute atomic E-state index is 12.4. The van der Waals surface area contributed by atoms with Gasteiger partial charge < -0.3 is 19.9 Å². The molecule has 1 aliphatic heterocycles. The van der Waals surface area contributed by atoms with Gasteiger partial charge in [-0.05, 0) is 30.5 Å². The first-order chi connectivity index (χ1) is 14.2. The van der Waals surface area contributed by atoms with Crippen molar-refractivity contribution in [2.45, 2.75) is 12.8 Å². The Morgan fingerprint density at radius 3 is 2.66 bits per heavy atom. The van der Waals surface area contributed by atoms with Crippen LogP contribution in [0.1, 0.15) is 12.0 Å². The van der Waals surface area contributed by atoms with E-state index in [9.17, 15) is 4.79 Å². The Morgan fingerprint density at radius 1 is 1.10 bits per heavy atom. The molecular weight excluding hydrogens is 384 g/mol. The van der Waals surface area contributed by atoms with Gasteiger partial charge in [0.25, 0.3) is 0 Å². The lowest BCUT2D eigenvalue weighted by Gasteiger charge is -2.34. The number of urea groups is 1. The number of aromatic nitrogens is 1. The van der Waals surface area contributed by atoms with Crippen molar-refractivity contribution < 1.29 is 9.53 Å². The van der Waals surface area contributed by atoms with Crippen molar-refractivity contribution in [1.29, 1.82) is 0 Å². The van der Waals surface area contributed by atoms with Gasteiger partial charge in [0, 0.05) is 32.7 Å². The first-order valence-corrected chi connectivity index (χ1v) is 10.8. The second kappa shape index (κ2) is 9.13. The summed E-state index contributed by atoms with van der Waals surface area (Å²) in [5.41, 5.74) is 2.22. The number of fused-ring (bicyclic) bond motifs is 1. The maximum atomic E-state index is 12.4. The molecule has 2 aromatic carbocycles. The molecular formula is C22H26N4O2S. The van der Waals surface area contributed by atoms with Crippen LogP contribution in [-0.4, -0.2) is 55.7 Å². The van der Waals surface area contributed by atoms with Crippen LogP contribution >= 0.6 is 11.3 Å². The van der Waals surface area contributed by atoms with Gasteiger partial charge >= 0.3 is 6.03 Å². The minimum Gasteiger partial charge on any atom is -0.494 e. The first kappa shape index (κ1) is 19.5. The molecule has 6 nitrogen and oxygen atoms in total. The van der Waals surface area contributed by atoms with Crippen molar-refractivity contribution in [3.63, 3.8) is 0 Å². The van der Waals surface area contributed by atoms with Gasteiger partial charge in [0.2, 0.25) is 0 Å². The Labute approximate surface area is 175 Å². The van der Waals surface area contributed by atoms with E-state index in [4.69, 9.17) is 9.72 Å². The molecule has 7 heteroatoms. The molecule has 0 spiro atoms. The number of para-hydroxylation sites is 1. The molecule has 4 rings (SSSR count). The molecule has 0 radical (unpaired) electrons. The number of ether oxygens (including phenoxy) is 1. The van der Waals surface area contributed by atoms with Crippen molar-refractivity contribution in [1.82, 2.24) is 15.2 Å². The van der Waals surface area contributed by atoms with Gasteiger partial charge in [-0.3, -0.25) is 0 Å². The van der Waals surface area contributed by atoms with Gasteiger partial charge in [-0.1, -0.05) is 47.7 Å². The van der Waals surface area contributed by atoms with Crippen LogP contribution in [0.3, 0.4) is 0 Å². The lowest BCUT2D eigenvalue weighted by molar-refractivity contribution is 0.194. The van der Waals surface area contributed by atoms with Crippen LogP contribution in [0.15, 0.2) is 48.5 Å². The van der Waals surface area contributed by atoms with Crippen LogP contribution in [-0.2, 0) is 6.42 Å². The zero-order valence-corrected chi connectivity index (χ0v) is 17.5. The summed E-state index contributed by atoms with van der Waals surface area (Å²) < 4.78 is 6.54. The number of thiazole rings is 1. The normalized spacial score (nSPS) is 14.2. The van der Waals surface area contributed by atoms with Crippen LogP contribution in [0.4, 0.5) is 9.93 Å². The predicted octanol–water partition coefficient (Wildman–Crippen LogP) is 3.77. The molecule has 1 aliphatic rings. The molecule has 3 aromatic rings. The van der Waals surface area contributed by atoms with E-state index in [-0.39, 0.29) is 6.03 Å². The number of hydrogen-bond acceptors (Lipinski definition) is 5. The van der Waals surface area contributed by atoms with Crippen molar-refractivity contribution >= 4 is 32.7 Å². The summed E-state index contributed by atoms with van der Waals surface area (Å²) in [7, 11) is 1.67. The molecule has 0 saturated carbocycles. The van der Waals surface area contributed by atoms with Crippen LogP contribution in [0.25, 0.3) is 10.2 Å². The van der Waals surface area contributed by atoms with E-state index in [0.29, 0.717) is 19.6 Å². The summed E-state index contributed by atoms with van der Waals surface area (Å²) >= 11 is 1.67. The fourth-order valence-corrected chi connectivity index (χ4v) is 4.59. The molecule has 2 heterocycles. The average molecular weight is 411 g/mol. The van der Waals surface area contributed by atoms with Crippen LogP contribution in [0, 0.1) is 0 Å². The van der Waals surface area contributed by atoms with Crippen molar-refractivity contribution in [2.75, 3.05) is 44.7 Å². The average Bonchev–Trinajstić information content (AvgIpc) is 3.22. The highest BCUT2D eigenvalue weighted by Crippen LogP contribution is 2.34. The zero-order chi connectivity index (χ0) is 20.1. The summed E-state index contributed by atoms with van der Waals surface area (Å²) in [5, 5.41) is 4.05. The second-order valence-corrected chi connectivity index (χ2v) is 8.11. The smallest absolute Gasteiger partial charge is 0.317 e. The Bertz CT molecular complexity index is 952. The number of rotatable bonds is 6. The number of methoxy groups -OCH3 is 1. The molecule has 152 valence electrons. The SMILES string of the molecule is COc1cccc2sc(N3CCN(C(=O)NCCCc4ccccc4)CC3)nc12. The summed E-state index contributed by atoms with van der Waals surface area (Å²) in [5.74, 6) is 0.804. The minimum atomic E-state index is 0.0312. The zero-order valence-electron chi connectivity index (χ0n) is 16.6. The van der Waals surface area contributed by atoms with Gasteiger partial charge in [0.15, 0.2) is 5.13 Å². The number of carbonyl (C=O) groups is 1. The molecule has 0 bridgehead atoms. The van der Waals surface area contributed by atoms with E-state index in [2.05, 4.69) is 40.5 Å². The third-order valence-corrected chi connectivity index (χ3v) is 6.27. The molecule has 29 heavy (non-hydrogen) atoms. The van der Waals surface area contributed by atoms with E-state index >= 15 is 0 Å². The standard InChI is InChI=1S/C22H26N4O2S/c1-28-18-10-5-11-19-20(18)24-22(29-19)26-15-13-25(14-16-26)21(27)23-12-6-9-17-7-3-2-4-8-17/h2-5,7-8,10-11H,6,9,12-16H2,1H3,(H,23,27). The fraction of sp³-hybridized carbons (Fsp3) is 0.364. The lowest BCUT2D eigenvalue weighted by Crippen LogP contribution is -2.52. The topological polar surface area (TPSA) is 57.7 Å². The highest BCUT2D eigenvalue weighted by molar-refractivity contribution is 7.22. The minimum absolute atomic E-state index is 0.0312. The molecule has 1 fully saturated rings. The summed E-state index contributed by atoms with van der Waals surface area (Å²) in [6.45, 7) is 3.69. The summed E-state index contributed by atoms with van der Waals surface area (Å²) in [6, 6.07) is 16.4. The monoisotopic (exact) mass is 410 g/mol. The number of carbonyl (C=O) groups excluding carboxylic acids is 1. The Kier molecular flexibility index (Phi) is 6.14. The van der Waals surface area contributed by atoms with Gasteiger partial charge in [0.1, 0.15) is 11.3 Å². The number of nitrogens with zero attached hydrogens (tertiary/aromatic N) is 3. The van der Waals surface area contributed by atoms with Crippen molar-refractivity contribution in [2.24, 2.45) is 0 Å². The fourth-order valence-electron chi connectivity index (χ4n) is 3.56. The first-order valence-electron chi connectivity index (χ1n) is 10.00. The summed E-state index contributed by atoms with van der Waals surface area (Å²) in [6.07, 6.45) is 1.93. The molecule has 0 aliphatic carbocycles. The van der Waals surface area contributed by atoms with E-state index in [1.54, 1.807) is 18.4 Å². The Morgan fingerprint density at radius 2 is 1.90 bits per heavy atom. The van der Waals surface area contributed by atoms with Crippen LogP contribution < -0.4 is 15.0 Å². The Balaban J connectivity index is 1.25. The molecule has 0 unspecified atom stereocenters. The van der Waals surface area contributed by atoms with E-state index < -0.39 is 0 Å². The molecule has 0 atom stereocenters. The number of amides is 2. The predicted molar refractivity (Wildman–Crippen MR) is 118 cm³/mol. The third kappa shape index (κ3) is 4.62. The number of aryl methyl sites for hydroxylation is 1.